The number of fused-ring (bicyclic) bond motifs is 1. The highest BCUT2D eigenvalue weighted by atomic mass is 19.3. The summed E-state index contributed by atoms with van der Waals surface area (Å²) in [4.78, 5) is 22.9. The van der Waals surface area contributed by atoms with Gasteiger partial charge in [0, 0.05) is 37.0 Å². The van der Waals surface area contributed by atoms with Crippen molar-refractivity contribution in [1.29, 1.82) is 0 Å². The van der Waals surface area contributed by atoms with Crippen molar-refractivity contribution in [3.8, 4) is 11.3 Å². The maximum atomic E-state index is 13.2. The molecule has 0 radical (unpaired) electrons. The topological polar surface area (TPSA) is 63.1 Å². The van der Waals surface area contributed by atoms with Crippen LogP contribution >= 0.6 is 0 Å². The quantitative estimate of drug-likeness (QED) is 0.688. The van der Waals surface area contributed by atoms with Gasteiger partial charge in [0.25, 0.3) is 5.92 Å². The minimum Gasteiger partial charge on any atom is -0.334 e. The number of benzene rings is 1. The number of hydrogen-bond acceptors (Lipinski definition) is 4. The van der Waals surface area contributed by atoms with Gasteiger partial charge in [0.05, 0.1) is 24.8 Å². The summed E-state index contributed by atoms with van der Waals surface area (Å²) >= 11 is 0. The summed E-state index contributed by atoms with van der Waals surface area (Å²) in [5.74, 6) is -2.51. The number of aromatic nitrogens is 3. The number of alkyl halides is 2. The number of carbonyl (C=O) groups is 1. The van der Waals surface area contributed by atoms with Gasteiger partial charge in [0.1, 0.15) is 5.82 Å². The number of aryl methyl sites for hydroxylation is 1. The average molecular weight is 413 g/mol. The van der Waals surface area contributed by atoms with Gasteiger partial charge < -0.3 is 9.88 Å². The van der Waals surface area contributed by atoms with Gasteiger partial charge in [-0.15, -0.1) is 0 Å². The van der Waals surface area contributed by atoms with Crippen LogP contribution in [-0.4, -0.2) is 50.9 Å². The lowest BCUT2D eigenvalue weighted by molar-refractivity contribution is -0.121. The van der Waals surface area contributed by atoms with Crippen molar-refractivity contribution in [3.63, 3.8) is 0 Å². The van der Waals surface area contributed by atoms with Crippen LogP contribution in [0.5, 0.6) is 0 Å². The molecule has 0 unspecified atom stereocenters. The number of amides is 1. The molecule has 1 N–H and O–H groups in total. The summed E-state index contributed by atoms with van der Waals surface area (Å²) in [5.41, 5.74) is 2.04. The molecular weight excluding hydrogens is 388 g/mol. The highest BCUT2D eigenvalue weighted by Gasteiger charge is 2.30. The first-order chi connectivity index (χ1) is 14.3. The number of nitrogens with one attached hydrogen (secondary N) is 1. The van der Waals surface area contributed by atoms with Crippen LogP contribution < -0.4 is 5.32 Å². The summed E-state index contributed by atoms with van der Waals surface area (Å²) in [6.07, 6.45) is 6.45. The Morgan fingerprint density at radius 3 is 2.63 bits per heavy atom. The van der Waals surface area contributed by atoms with Crippen LogP contribution in [-0.2, 0) is 11.8 Å². The summed E-state index contributed by atoms with van der Waals surface area (Å²) in [6, 6.07) is 7.93. The number of halogens is 2. The molecule has 1 aliphatic heterocycles. The standard InChI is InChI=1S/C22H25F2N5O/c1-22(23,24)13-29-7-5-15(6-8-29)21(30)27-20-10-18-9-16(3-4-17(18)11-26-20)19-12-25-14-28(19)2/h3-4,9-12,14-15H,5-8,13H2,1-2H3,(H,26,27,30). The third-order valence-electron chi connectivity index (χ3n) is 5.55. The molecule has 3 aromatic rings. The molecule has 3 heterocycles. The first kappa shape index (κ1) is 20.4. The zero-order valence-corrected chi connectivity index (χ0v) is 17.1. The first-order valence-electron chi connectivity index (χ1n) is 10.1. The predicted molar refractivity (Wildman–Crippen MR) is 112 cm³/mol. The molecular formula is C22H25F2N5O. The van der Waals surface area contributed by atoms with Crippen molar-refractivity contribution in [2.75, 3.05) is 25.0 Å². The molecule has 0 aliphatic carbocycles. The van der Waals surface area contributed by atoms with Gasteiger partial charge in [0.2, 0.25) is 5.91 Å². The molecule has 0 atom stereocenters. The van der Waals surface area contributed by atoms with Crippen molar-refractivity contribution in [1.82, 2.24) is 19.4 Å². The van der Waals surface area contributed by atoms with E-state index in [0.717, 1.165) is 29.0 Å². The number of hydrogen-bond donors (Lipinski definition) is 1. The van der Waals surface area contributed by atoms with Crippen molar-refractivity contribution in [2.45, 2.75) is 25.7 Å². The Morgan fingerprint density at radius 1 is 1.20 bits per heavy atom. The van der Waals surface area contributed by atoms with E-state index in [1.54, 1.807) is 17.4 Å². The van der Waals surface area contributed by atoms with Gasteiger partial charge in [-0.25, -0.2) is 18.7 Å². The summed E-state index contributed by atoms with van der Waals surface area (Å²) in [6.45, 7) is 1.67. The van der Waals surface area contributed by atoms with E-state index in [1.165, 1.54) is 0 Å². The predicted octanol–water partition coefficient (Wildman–Crippen LogP) is 3.94. The Morgan fingerprint density at radius 2 is 1.97 bits per heavy atom. The van der Waals surface area contributed by atoms with Crippen LogP contribution in [0, 0.1) is 5.92 Å². The van der Waals surface area contributed by atoms with Crippen molar-refractivity contribution < 1.29 is 13.6 Å². The average Bonchev–Trinajstić information content (AvgIpc) is 3.12. The zero-order chi connectivity index (χ0) is 21.3. The zero-order valence-electron chi connectivity index (χ0n) is 17.1. The Kier molecular flexibility index (Phi) is 5.51. The minimum atomic E-state index is -2.71. The highest BCUT2D eigenvalue weighted by molar-refractivity contribution is 5.95. The fraction of sp³-hybridized carbons (Fsp3) is 0.409. The van der Waals surface area contributed by atoms with Crippen LogP contribution in [0.3, 0.4) is 0 Å². The van der Waals surface area contributed by atoms with E-state index in [0.29, 0.717) is 31.7 Å². The molecule has 0 spiro atoms. The molecule has 158 valence electrons. The summed E-state index contributed by atoms with van der Waals surface area (Å²) in [7, 11) is 1.94. The van der Waals surface area contributed by atoms with Crippen molar-refractivity contribution in [2.24, 2.45) is 13.0 Å². The van der Waals surface area contributed by atoms with Gasteiger partial charge in [0.15, 0.2) is 0 Å². The third kappa shape index (κ3) is 4.64. The molecule has 8 heteroatoms. The van der Waals surface area contributed by atoms with E-state index in [4.69, 9.17) is 0 Å². The molecule has 0 bridgehead atoms. The Bertz CT molecular complexity index is 1050. The fourth-order valence-electron chi connectivity index (χ4n) is 3.98. The van der Waals surface area contributed by atoms with E-state index in [9.17, 15) is 13.6 Å². The lowest BCUT2D eigenvalue weighted by atomic mass is 9.95. The largest absolute Gasteiger partial charge is 0.334 e. The number of likely N-dealkylation sites (tertiary alicyclic amines) is 1. The number of rotatable bonds is 5. The molecule has 1 amide bonds. The number of anilines is 1. The Hall–Kier alpha value is -2.87. The van der Waals surface area contributed by atoms with Gasteiger partial charge in [-0.1, -0.05) is 12.1 Å². The molecule has 30 heavy (non-hydrogen) atoms. The molecule has 1 aromatic carbocycles. The lowest BCUT2D eigenvalue weighted by Gasteiger charge is -2.32. The fourth-order valence-corrected chi connectivity index (χ4v) is 3.98. The van der Waals surface area contributed by atoms with Gasteiger partial charge in [-0.3, -0.25) is 9.69 Å². The SMILES string of the molecule is Cn1cncc1-c1ccc2cnc(NC(=O)C3CCN(CC(C)(F)F)CC3)cc2c1. The smallest absolute Gasteiger partial charge is 0.257 e. The molecule has 1 aliphatic rings. The minimum absolute atomic E-state index is 0.104. The normalized spacial score (nSPS) is 16.1. The second-order valence-corrected chi connectivity index (χ2v) is 8.13. The van der Waals surface area contributed by atoms with Gasteiger partial charge in [-0.2, -0.15) is 0 Å². The van der Waals surface area contributed by atoms with Gasteiger partial charge in [-0.05, 0) is 43.5 Å². The summed E-state index contributed by atoms with van der Waals surface area (Å²) < 4.78 is 28.3. The molecule has 4 rings (SSSR count). The molecule has 1 saturated heterocycles. The van der Waals surface area contributed by atoms with Crippen LogP contribution in [0.25, 0.3) is 22.0 Å². The highest BCUT2D eigenvalue weighted by Crippen LogP contribution is 2.26. The number of carbonyl (C=O) groups excluding carboxylic acids is 1. The van der Waals surface area contributed by atoms with Crippen molar-refractivity contribution >= 4 is 22.5 Å². The van der Waals surface area contributed by atoms with Crippen molar-refractivity contribution in [3.05, 3.63) is 43.0 Å². The molecule has 2 aromatic heterocycles. The lowest BCUT2D eigenvalue weighted by Crippen LogP contribution is -2.42. The first-order valence-corrected chi connectivity index (χ1v) is 10.1. The van der Waals surface area contributed by atoms with Crippen LogP contribution in [0.4, 0.5) is 14.6 Å². The van der Waals surface area contributed by atoms with Crippen LogP contribution in [0.15, 0.2) is 43.0 Å². The molecule has 0 saturated carbocycles. The van der Waals surface area contributed by atoms with E-state index >= 15 is 0 Å². The second-order valence-electron chi connectivity index (χ2n) is 8.13. The third-order valence-corrected chi connectivity index (χ3v) is 5.55. The second kappa shape index (κ2) is 8.10. The summed E-state index contributed by atoms with van der Waals surface area (Å²) in [5, 5.41) is 4.85. The maximum absolute atomic E-state index is 13.2. The van der Waals surface area contributed by atoms with Crippen LogP contribution in [0.2, 0.25) is 0 Å². The molecule has 1 fully saturated rings. The van der Waals surface area contributed by atoms with Crippen LogP contribution in [0.1, 0.15) is 19.8 Å². The number of pyridine rings is 1. The maximum Gasteiger partial charge on any atom is 0.257 e. The van der Waals surface area contributed by atoms with E-state index < -0.39 is 5.92 Å². The number of piperidine rings is 1. The van der Waals surface area contributed by atoms with E-state index in [2.05, 4.69) is 15.3 Å². The van der Waals surface area contributed by atoms with E-state index in [1.807, 2.05) is 42.1 Å². The Balaban J connectivity index is 1.43. The van der Waals surface area contributed by atoms with E-state index in [-0.39, 0.29) is 18.4 Å². The number of nitrogens with zero attached hydrogens (tertiary/aromatic N) is 4. The number of imidazole rings is 1. The van der Waals surface area contributed by atoms with Gasteiger partial charge >= 0.3 is 0 Å². The Labute approximate surface area is 173 Å². The molecule has 6 nitrogen and oxygen atoms in total. The monoisotopic (exact) mass is 413 g/mol.